The van der Waals surface area contributed by atoms with Crippen molar-refractivity contribution in [1.82, 2.24) is 10.2 Å². The minimum absolute atomic E-state index is 0.0340. The number of amides is 2. The van der Waals surface area contributed by atoms with Crippen molar-refractivity contribution in [2.45, 2.75) is 45.6 Å². The minimum atomic E-state index is 0.0340. The molecule has 1 fully saturated rings. The molecule has 28 heavy (non-hydrogen) atoms. The predicted molar refractivity (Wildman–Crippen MR) is 115 cm³/mol. The van der Waals surface area contributed by atoms with Gasteiger partial charge in [-0.2, -0.15) is 0 Å². The number of carbonyl (C=O) groups is 1. The first-order valence-corrected chi connectivity index (χ1v) is 10.5. The van der Waals surface area contributed by atoms with Crippen molar-refractivity contribution >= 4 is 11.7 Å². The number of aryl methyl sites for hydroxylation is 2. The van der Waals surface area contributed by atoms with Gasteiger partial charge >= 0.3 is 6.03 Å². The molecule has 2 aliphatic heterocycles. The molecule has 4 rings (SSSR count). The number of hydrogen-bond acceptors (Lipinski definition) is 2. The number of hydrogen-bond donors (Lipinski definition) is 1. The molecule has 0 aromatic heterocycles. The highest BCUT2D eigenvalue weighted by Gasteiger charge is 2.46. The van der Waals surface area contributed by atoms with Gasteiger partial charge in [0, 0.05) is 30.7 Å². The van der Waals surface area contributed by atoms with Crippen LogP contribution in [0.2, 0.25) is 0 Å². The smallest absolute Gasteiger partial charge is 0.321 e. The number of likely N-dealkylation sites (tertiary alicyclic amines) is 1. The number of anilines is 1. The summed E-state index contributed by atoms with van der Waals surface area (Å²) in [7, 11) is 0. The van der Waals surface area contributed by atoms with Crippen molar-refractivity contribution in [1.29, 1.82) is 0 Å². The summed E-state index contributed by atoms with van der Waals surface area (Å²) in [5, 5.41) is 2.99. The maximum absolute atomic E-state index is 12.7. The number of nitrogens with zero attached hydrogens (tertiary/aromatic N) is 2. The Kier molecular flexibility index (Phi) is 5.15. The van der Waals surface area contributed by atoms with Crippen LogP contribution in [0.3, 0.4) is 0 Å². The SMILES string of the molecule is CCNC(=O)N1CC2(CCN(Cc3cccc(C)c3)CC2)c2cc(C)ccc21. The second-order valence-electron chi connectivity index (χ2n) is 8.49. The lowest BCUT2D eigenvalue weighted by Crippen LogP contribution is -2.47. The lowest BCUT2D eigenvalue weighted by atomic mass is 9.74. The van der Waals surface area contributed by atoms with Crippen LogP contribution in [-0.2, 0) is 12.0 Å². The molecule has 0 aliphatic carbocycles. The predicted octanol–water partition coefficient (Wildman–Crippen LogP) is 4.39. The molecule has 4 heteroatoms. The fourth-order valence-electron chi connectivity index (χ4n) is 4.85. The van der Waals surface area contributed by atoms with E-state index in [2.05, 4.69) is 66.5 Å². The molecule has 0 atom stereocenters. The molecule has 2 aromatic carbocycles. The van der Waals surface area contributed by atoms with Gasteiger partial charge in [-0.1, -0.05) is 47.5 Å². The molecule has 148 valence electrons. The van der Waals surface area contributed by atoms with Gasteiger partial charge in [-0.25, -0.2) is 4.79 Å². The first-order valence-electron chi connectivity index (χ1n) is 10.5. The van der Waals surface area contributed by atoms with Crippen LogP contribution in [-0.4, -0.2) is 37.1 Å². The molecule has 0 radical (unpaired) electrons. The summed E-state index contributed by atoms with van der Waals surface area (Å²) in [6.07, 6.45) is 2.20. The zero-order valence-corrected chi connectivity index (χ0v) is 17.3. The van der Waals surface area contributed by atoms with Crippen molar-refractivity contribution in [2.75, 3.05) is 31.1 Å². The van der Waals surface area contributed by atoms with Crippen molar-refractivity contribution < 1.29 is 4.79 Å². The normalized spacial score (nSPS) is 18.3. The molecule has 1 spiro atoms. The molecule has 2 heterocycles. The largest absolute Gasteiger partial charge is 0.338 e. The summed E-state index contributed by atoms with van der Waals surface area (Å²) in [5.74, 6) is 0. The van der Waals surface area contributed by atoms with Crippen LogP contribution in [0.5, 0.6) is 0 Å². The fourth-order valence-corrected chi connectivity index (χ4v) is 4.85. The van der Waals surface area contributed by atoms with Gasteiger partial charge in [0.25, 0.3) is 0 Å². The molecule has 0 unspecified atom stereocenters. The highest BCUT2D eigenvalue weighted by Crippen LogP contribution is 2.47. The van der Waals surface area contributed by atoms with Crippen LogP contribution in [0.25, 0.3) is 0 Å². The molecule has 1 saturated heterocycles. The quantitative estimate of drug-likeness (QED) is 0.861. The Bertz CT molecular complexity index is 868. The zero-order valence-electron chi connectivity index (χ0n) is 17.3. The second-order valence-corrected chi connectivity index (χ2v) is 8.49. The zero-order chi connectivity index (χ0) is 19.7. The van der Waals surface area contributed by atoms with Crippen LogP contribution < -0.4 is 10.2 Å². The number of nitrogens with one attached hydrogen (secondary N) is 1. The topological polar surface area (TPSA) is 35.6 Å². The molecule has 4 nitrogen and oxygen atoms in total. The molecule has 0 bridgehead atoms. The van der Waals surface area contributed by atoms with Gasteiger partial charge in [0.1, 0.15) is 0 Å². The Hall–Kier alpha value is -2.33. The third-order valence-corrected chi connectivity index (χ3v) is 6.35. The molecule has 2 amide bonds. The molecule has 0 saturated carbocycles. The minimum Gasteiger partial charge on any atom is -0.338 e. The molecular weight excluding hydrogens is 346 g/mol. The standard InChI is InChI=1S/C24H31N3O/c1-4-25-23(28)27-17-24(21-15-19(3)8-9-22(21)27)10-12-26(13-11-24)16-20-7-5-6-18(2)14-20/h5-9,14-15H,4,10-13,16-17H2,1-3H3,(H,25,28). The van der Waals surface area contributed by atoms with E-state index in [0.29, 0.717) is 6.54 Å². The van der Waals surface area contributed by atoms with Crippen LogP contribution in [0.4, 0.5) is 10.5 Å². The van der Waals surface area contributed by atoms with Crippen LogP contribution in [0, 0.1) is 13.8 Å². The van der Waals surface area contributed by atoms with E-state index in [9.17, 15) is 4.79 Å². The lowest BCUT2D eigenvalue weighted by Gasteiger charge is -2.40. The Morgan fingerprint density at radius 3 is 2.54 bits per heavy atom. The van der Waals surface area contributed by atoms with Crippen molar-refractivity contribution in [3.05, 3.63) is 64.7 Å². The number of carbonyl (C=O) groups excluding carboxylic acids is 1. The Morgan fingerprint density at radius 2 is 1.82 bits per heavy atom. The average molecular weight is 378 g/mol. The number of benzene rings is 2. The van der Waals surface area contributed by atoms with E-state index in [1.165, 1.54) is 22.3 Å². The third-order valence-electron chi connectivity index (χ3n) is 6.35. The first-order chi connectivity index (χ1) is 13.5. The van der Waals surface area contributed by atoms with Crippen LogP contribution >= 0.6 is 0 Å². The number of rotatable bonds is 3. The molecule has 1 N–H and O–H groups in total. The van der Waals surface area contributed by atoms with Crippen molar-refractivity contribution in [2.24, 2.45) is 0 Å². The highest BCUT2D eigenvalue weighted by atomic mass is 16.2. The Morgan fingerprint density at radius 1 is 1.07 bits per heavy atom. The summed E-state index contributed by atoms with van der Waals surface area (Å²) < 4.78 is 0. The van der Waals surface area contributed by atoms with E-state index < -0.39 is 0 Å². The number of fused-ring (bicyclic) bond motifs is 2. The van der Waals surface area contributed by atoms with E-state index in [4.69, 9.17) is 0 Å². The van der Waals surface area contributed by atoms with Crippen molar-refractivity contribution in [3.8, 4) is 0 Å². The van der Waals surface area contributed by atoms with E-state index in [1.807, 2.05) is 11.8 Å². The third kappa shape index (κ3) is 3.53. The maximum atomic E-state index is 12.7. The van der Waals surface area contributed by atoms with Gasteiger partial charge in [-0.15, -0.1) is 0 Å². The molecule has 2 aliphatic rings. The lowest BCUT2D eigenvalue weighted by molar-refractivity contribution is 0.159. The van der Waals surface area contributed by atoms with Crippen LogP contribution in [0.1, 0.15) is 42.0 Å². The van der Waals surface area contributed by atoms with E-state index in [-0.39, 0.29) is 11.4 Å². The first kappa shape index (κ1) is 19.0. The highest BCUT2D eigenvalue weighted by molar-refractivity contribution is 5.95. The van der Waals surface area contributed by atoms with Gasteiger partial charge in [0.05, 0.1) is 0 Å². The van der Waals surface area contributed by atoms with Gasteiger partial charge in [-0.3, -0.25) is 9.80 Å². The van der Waals surface area contributed by atoms with E-state index in [0.717, 1.165) is 44.7 Å². The summed E-state index contributed by atoms with van der Waals surface area (Å²) in [6.45, 7) is 10.9. The monoisotopic (exact) mass is 377 g/mol. The van der Waals surface area contributed by atoms with Crippen molar-refractivity contribution in [3.63, 3.8) is 0 Å². The molecule has 2 aromatic rings. The van der Waals surface area contributed by atoms with Gasteiger partial charge in [-0.05, 0) is 63.9 Å². The maximum Gasteiger partial charge on any atom is 0.321 e. The fraction of sp³-hybridized carbons (Fsp3) is 0.458. The summed E-state index contributed by atoms with van der Waals surface area (Å²) >= 11 is 0. The Labute approximate surface area is 168 Å². The summed E-state index contributed by atoms with van der Waals surface area (Å²) in [5.41, 5.74) is 6.55. The summed E-state index contributed by atoms with van der Waals surface area (Å²) in [4.78, 5) is 17.2. The number of urea groups is 1. The van der Waals surface area contributed by atoms with Crippen LogP contribution in [0.15, 0.2) is 42.5 Å². The molecular formula is C24H31N3O. The van der Waals surface area contributed by atoms with Gasteiger partial charge in [0.2, 0.25) is 0 Å². The number of piperidine rings is 1. The van der Waals surface area contributed by atoms with E-state index in [1.54, 1.807) is 0 Å². The van der Waals surface area contributed by atoms with Gasteiger partial charge < -0.3 is 5.32 Å². The Balaban J connectivity index is 1.53. The second kappa shape index (κ2) is 7.59. The summed E-state index contributed by atoms with van der Waals surface area (Å²) in [6, 6.07) is 15.4. The van der Waals surface area contributed by atoms with Gasteiger partial charge in [0.15, 0.2) is 0 Å². The van der Waals surface area contributed by atoms with E-state index >= 15 is 0 Å². The average Bonchev–Trinajstić information content (AvgIpc) is 2.98.